The molecule has 0 radical (unpaired) electrons. The fourth-order valence-electron chi connectivity index (χ4n) is 4.66. The molecule has 1 saturated heterocycles. The molecule has 1 aromatic heterocycles. The molecule has 5 rings (SSSR count). The van der Waals surface area contributed by atoms with Crippen LogP contribution in [0.1, 0.15) is 57.9 Å². The van der Waals surface area contributed by atoms with Crippen molar-refractivity contribution in [3.05, 3.63) is 76.9 Å². The number of anilines is 1. The van der Waals surface area contributed by atoms with E-state index in [1.165, 1.54) is 0 Å². The predicted octanol–water partition coefficient (Wildman–Crippen LogP) is 2.90. The zero-order valence-electron chi connectivity index (χ0n) is 18.9. The van der Waals surface area contributed by atoms with Gasteiger partial charge in [-0.25, -0.2) is 0 Å². The number of nitrogens with one attached hydrogen (secondary N) is 3. The van der Waals surface area contributed by atoms with Crippen molar-refractivity contribution in [2.45, 2.75) is 38.0 Å². The third-order valence-electron chi connectivity index (χ3n) is 6.56. The van der Waals surface area contributed by atoms with Crippen LogP contribution in [0.4, 0.5) is 5.69 Å². The summed E-state index contributed by atoms with van der Waals surface area (Å²) in [6.07, 6.45) is 2.18. The molecule has 2 aliphatic rings. The number of ether oxygens (including phenoxy) is 1. The van der Waals surface area contributed by atoms with E-state index in [0.717, 1.165) is 54.4 Å². The van der Waals surface area contributed by atoms with Crippen LogP contribution in [0.25, 0.3) is 0 Å². The predicted molar refractivity (Wildman–Crippen MR) is 126 cm³/mol. The molecule has 0 spiro atoms. The normalized spacial score (nSPS) is 18.5. The second-order valence-corrected chi connectivity index (χ2v) is 8.73. The number of carbonyl (C=O) groups is 1. The lowest BCUT2D eigenvalue weighted by molar-refractivity contribution is 0.0708. The number of carbonyl (C=O) groups excluding carboxylic acids is 1. The Balaban J connectivity index is 1.23. The third kappa shape index (κ3) is 4.77. The average Bonchev–Trinajstić information content (AvgIpc) is 3.24. The first-order valence-corrected chi connectivity index (χ1v) is 11.6. The van der Waals surface area contributed by atoms with Crippen LogP contribution >= 0.6 is 0 Å². The Hall–Kier alpha value is -3.23. The Morgan fingerprint density at radius 2 is 2.00 bits per heavy atom. The molecule has 0 saturated carbocycles. The van der Waals surface area contributed by atoms with Crippen LogP contribution in [0.3, 0.4) is 0 Å². The molecule has 3 N–H and O–H groups in total. The molecule has 2 aromatic carbocycles. The van der Waals surface area contributed by atoms with Gasteiger partial charge < -0.3 is 25.3 Å². The van der Waals surface area contributed by atoms with Crippen molar-refractivity contribution in [1.29, 1.82) is 0 Å². The van der Waals surface area contributed by atoms with Crippen molar-refractivity contribution in [3.8, 4) is 0 Å². The summed E-state index contributed by atoms with van der Waals surface area (Å²) in [6.45, 7) is 3.66. The molecule has 0 aliphatic carbocycles. The Morgan fingerprint density at radius 3 is 2.88 bits per heavy atom. The van der Waals surface area contributed by atoms with Gasteiger partial charge in [-0.05, 0) is 55.3 Å². The van der Waals surface area contributed by atoms with Gasteiger partial charge in [0.25, 0.3) is 5.91 Å². The minimum absolute atomic E-state index is 0.115. The van der Waals surface area contributed by atoms with E-state index in [0.29, 0.717) is 31.2 Å². The highest BCUT2D eigenvalue weighted by atomic mass is 16.5. The summed E-state index contributed by atoms with van der Waals surface area (Å²) in [5, 5.41) is 18.8. The number of nitrogens with zero attached hydrogens (tertiary/aromatic N) is 3. The van der Waals surface area contributed by atoms with Crippen LogP contribution in [0.15, 0.2) is 48.5 Å². The number of rotatable bonds is 6. The second-order valence-electron chi connectivity index (χ2n) is 8.73. The van der Waals surface area contributed by atoms with Crippen LogP contribution in [-0.2, 0) is 24.9 Å². The number of benzene rings is 2. The van der Waals surface area contributed by atoms with Gasteiger partial charge in [0.15, 0.2) is 5.82 Å². The molecule has 1 fully saturated rings. The summed E-state index contributed by atoms with van der Waals surface area (Å²) in [5.74, 6) is 2.28. The molecule has 33 heavy (non-hydrogen) atoms. The van der Waals surface area contributed by atoms with Gasteiger partial charge >= 0.3 is 0 Å². The second kappa shape index (κ2) is 9.72. The molecule has 2 aliphatic heterocycles. The highest BCUT2D eigenvalue weighted by molar-refractivity contribution is 5.95. The monoisotopic (exact) mass is 446 g/mol. The highest BCUT2D eigenvalue weighted by Gasteiger charge is 2.23. The molecule has 8 nitrogen and oxygen atoms in total. The summed E-state index contributed by atoms with van der Waals surface area (Å²) >= 11 is 0. The molecule has 3 heterocycles. The summed E-state index contributed by atoms with van der Waals surface area (Å²) in [7, 11) is 2.03. The largest absolute Gasteiger partial charge is 0.378 e. The number of amides is 1. The van der Waals surface area contributed by atoms with Crippen molar-refractivity contribution < 1.29 is 9.53 Å². The van der Waals surface area contributed by atoms with E-state index in [4.69, 9.17) is 4.74 Å². The van der Waals surface area contributed by atoms with E-state index < -0.39 is 0 Å². The van der Waals surface area contributed by atoms with E-state index in [1.54, 1.807) is 0 Å². The highest BCUT2D eigenvalue weighted by Crippen LogP contribution is 2.26. The Labute approximate surface area is 193 Å². The molecule has 3 aromatic rings. The zero-order chi connectivity index (χ0) is 22.6. The van der Waals surface area contributed by atoms with E-state index in [1.807, 2.05) is 49.5 Å². The summed E-state index contributed by atoms with van der Waals surface area (Å²) < 4.78 is 7.77. The molecule has 8 heteroatoms. The van der Waals surface area contributed by atoms with Gasteiger partial charge in [-0.2, -0.15) is 0 Å². The van der Waals surface area contributed by atoms with E-state index >= 15 is 0 Å². The minimum atomic E-state index is -0.147. The van der Waals surface area contributed by atoms with E-state index in [2.05, 4.69) is 36.8 Å². The Morgan fingerprint density at radius 1 is 1.15 bits per heavy atom. The SMILES string of the molecule is Cn1c(CNc2cccc(C(=O)N[C@@H]3COCc4ccccc43)c2)nnc1C1CCNCC1. The number of aromatic nitrogens is 3. The number of fused-ring (bicyclic) bond motifs is 1. The molecular formula is C25H30N6O2. The molecule has 0 unspecified atom stereocenters. The van der Waals surface area contributed by atoms with Gasteiger partial charge in [0.2, 0.25) is 0 Å². The van der Waals surface area contributed by atoms with Crippen LogP contribution in [0.2, 0.25) is 0 Å². The lowest BCUT2D eigenvalue weighted by Crippen LogP contribution is -2.34. The van der Waals surface area contributed by atoms with E-state index in [9.17, 15) is 4.79 Å². The lowest BCUT2D eigenvalue weighted by atomic mass is 9.97. The van der Waals surface area contributed by atoms with Crippen molar-refractivity contribution in [2.24, 2.45) is 7.05 Å². The van der Waals surface area contributed by atoms with Crippen LogP contribution < -0.4 is 16.0 Å². The molecule has 172 valence electrons. The van der Waals surface area contributed by atoms with Gasteiger partial charge in [0.1, 0.15) is 5.82 Å². The summed E-state index contributed by atoms with van der Waals surface area (Å²) in [6, 6.07) is 15.5. The molecular weight excluding hydrogens is 416 g/mol. The van der Waals surface area contributed by atoms with Crippen molar-refractivity contribution in [2.75, 3.05) is 25.0 Å². The van der Waals surface area contributed by atoms with Gasteiger partial charge in [-0.15, -0.1) is 10.2 Å². The fourth-order valence-corrected chi connectivity index (χ4v) is 4.66. The maximum absolute atomic E-state index is 13.0. The summed E-state index contributed by atoms with van der Waals surface area (Å²) in [4.78, 5) is 13.0. The van der Waals surface area contributed by atoms with Gasteiger partial charge in [0, 0.05) is 24.2 Å². The fraction of sp³-hybridized carbons (Fsp3) is 0.400. The number of hydrogen-bond acceptors (Lipinski definition) is 6. The summed E-state index contributed by atoms with van der Waals surface area (Å²) in [5.41, 5.74) is 3.72. The number of piperidine rings is 1. The zero-order valence-corrected chi connectivity index (χ0v) is 18.9. The first-order chi connectivity index (χ1) is 16.2. The van der Waals surface area contributed by atoms with Crippen LogP contribution in [0.5, 0.6) is 0 Å². The first kappa shape index (κ1) is 21.6. The van der Waals surface area contributed by atoms with E-state index in [-0.39, 0.29) is 11.9 Å². The smallest absolute Gasteiger partial charge is 0.251 e. The minimum Gasteiger partial charge on any atom is -0.378 e. The maximum atomic E-state index is 13.0. The standard InChI is InChI=1S/C25H30N6O2/c1-31-23(29-30-24(31)17-9-11-26-12-10-17)14-27-20-7-4-6-18(13-20)25(32)28-22-16-33-15-19-5-2-3-8-21(19)22/h2-8,13,17,22,26-27H,9-12,14-16H2,1H3,(H,28,32)/t22-/m1/s1. The number of hydrogen-bond donors (Lipinski definition) is 3. The topological polar surface area (TPSA) is 93.1 Å². The lowest BCUT2D eigenvalue weighted by Gasteiger charge is -2.26. The maximum Gasteiger partial charge on any atom is 0.251 e. The van der Waals surface area contributed by atoms with Crippen LogP contribution in [-0.4, -0.2) is 40.4 Å². The van der Waals surface area contributed by atoms with Gasteiger partial charge in [-0.1, -0.05) is 30.3 Å². The van der Waals surface area contributed by atoms with Crippen LogP contribution in [0, 0.1) is 0 Å². The van der Waals surface area contributed by atoms with Crippen molar-refractivity contribution in [1.82, 2.24) is 25.4 Å². The van der Waals surface area contributed by atoms with Crippen molar-refractivity contribution >= 4 is 11.6 Å². The molecule has 1 amide bonds. The average molecular weight is 447 g/mol. The van der Waals surface area contributed by atoms with Crippen molar-refractivity contribution in [3.63, 3.8) is 0 Å². The Kier molecular flexibility index (Phi) is 6.37. The quantitative estimate of drug-likeness (QED) is 0.539. The van der Waals surface area contributed by atoms with Gasteiger partial charge in [-0.3, -0.25) is 4.79 Å². The third-order valence-corrected chi connectivity index (χ3v) is 6.56. The molecule has 1 atom stereocenters. The van der Waals surface area contributed by atoms with Gasteiger partial charge in [0.05, 0.1) is 25.8 Å². The molecule has 0 bridgehead atoms. The Bertz CT molecular complexity index is 1120. The first-order valence-electron chi connectivity index (χ1n) is 11.6.